The minimum atomic E-state index is -0.396. The van der Waals surface area contributed by atoms with E-state index in [0.717, 1.165) is 6.42 Å². The second-order valence-corrected chi connectivity index (χ2v) is 13.6. The van der Waals surface area contributed by atoms with Crippen LogP contribution in [0, 0.1) is 39.5 Å². The molecule has 0 bridgehead atoms. The van der Waals surface area contributed by atoms with Gasteiger partial charge >= 0.3 is 0 Å². The van der Waals surface area contributed by atoms with E-state index >= 15 is 0 Å². The molecule has 3 atom stereocenters. The molecule has 3 unspecified atom stereocenters. The number of rotatable bonds is 6. The Hall–Kier alpha value is -4.82. The number of anilines is 4. The molecule has 2 aliphatic carbocycles. The summed E-state index contributed by atoms with van der Waals surface area (Å²) in [5.41, 5.74) is 14.9. The van der Waals surface area contributed by atoms with E-state index in [-0.39, 0.29) is 5.92 Å². The van der Waals surface area contributed by atoms with Crippen LogP contribution in [-0.2, 0) is 5.54 Å². The van der Waals surface area contributed by atoms with Gasteiger partial charge in [0.05, 0.1) is 11.2 Å². The average molecular weight is 601 g/mol. The summed E-state index contributed by atoms with van der Waals surface area (Å²) in [5.74, 6) is 0.506. The SMILES string of the molecule is Cc1cccc(N(C2=C3C(C)CC=CC3C(C)(N(c3cccc(C)c3)c3cccc(C)c3)c3ccccc32)c2cccc(C)c2)c1. The molecule has 0 spiro atoms. The molecule has 0 fully saturated rings. The van der Waals surface area contributed by atoms with E-state index in [1.807, 2.05) is 0 Å². The molecule has 0 radical (unpaired) electrons. The lowest BCUT2D eigenvalue weighted by molar-refractivity contribution is 0.354. The first kappa shape index (κ1) is 29.9. The molecule has 46 heavy (non-hydrogen) atoms. The summed E-state index contributed by atoms with van der Waals surface area (Å²) in [6, 6.07) is 45.2. The van der Waals surface area contributed by atoms with Crippen molar-refractivity contribution in [1.29, 1.82) is 0 Å². The topological polar surface area (TPSA) is 6.48 Å². The maximum Gasteiger partial charge on any atom is 0.0781 e. The summed E-state index contributed by atoms with van der Waals surface area (Å²) < 4.78 is 0. The van der Waals surface area contributed by atoms with E-state index in [2.05, 4.69) is 185 Å². The first-order valence-electron chi connectivity index (χ1n) is 16.6. The Bertz CT molecular complexity index is 1890. The Kier molecular flexibility index (Phi) is 7.69. The average Bonchev–Trinajstić information content (AvgIpc) is 3.03. The zero-order valence-electron chi connectivity index (χ0n) is 28.0. The molecule has 0 amide bonds. The molecule has 0 heterocycles. The molecule has 0 N–H and O–H groups in total. The third-order valence-electron chi connectivity index (χ3n) is 10.0. The van der Waals surface area contributed by atoms with Crippen LogP contribution < -0.4 is 9.80 Å². The third kappa shape index (κ3) is 5.07. The predicted octanol–water partition coefficient (Wildman–Crippen LogP) is 11.7. The number of fused-ring (bicyclic) bond motifs is 2. The molecule has 0 aliphatic heterocycles. The Labute approximate surface area is 275 Å². The monoisotopic (exact) mass is 600 g/mol. The molecule has 2 nitrogen and oxygen atoms in total. The van der Waals surface area contributed by atoms with Crippen molar-refractivity contribution >= 4 is 28.4 Å². The van der Waals surface area contributed by atoms with Crippen molar-refractivity contribution in [3.63, 3.8) is 0 Å². The highest BCUT2D eigenvalue weighted by Crippen LogP contribution is 2.58. The van der Waals surface area contributed by atoms with Crippen molar-refractivity contribution in [3.8, 4) is 0 Å². The number of hydrogen-bond acceptors (Lipinski definition) is 2. The molecular formula is C44H44N2. The fourth-order valence-corrected chi connectivity index (χ4v) is 7.95. The standard InChI is InChI=1S/C44H44N2/c1-30-14-9-19-35(26-30)45(36-20-10-15-31(2)27-36)43-39-23-7-8-24-40(39)44(6,41-25-13-18-34(5)42(41)43)46(37-21-11-16-32(3)28-37)38-22-12-17-33(4)29-38/h7-17,19-29,34,41H,18H2,1-6H3. The fraction of sp³-hybridized carbons (Fsp3) is 0.227. The van der Waals surface area contributed by atoms with Crippen molar-refractivity contribution in [3.05, 3.63) is 172 Å². The van der Waals surface area contributed by atoms with Crippen molar-refractivity contribution in [2.24, 2.45) is 11.8 Å². The number of allylic oxidation sites excluding steroid dienone is 1. The Morgan fingerprint density at radius 1 is 0.587 bits per heavy atom. The summed E-state index contributed by atoms with van der Waals surface area (Å²) in [6.07, 6.45) is 5.96. The van der Waals surface area contributed by atoms with E-state index < -0.39 is 5.54 Å². The molecule has 0 saturated heterocycles. The van der Waals surface area contributed by atoms with Crippen LogP contribution in [0.5, 0.6) is 0 Å². The van der Waals surface area contributed by atoms with Gasteiger partial charge in [0.25, 0.3) is 0 Å². The van der Waals surface area contributed by atoms with Crippen LogP contribution in [-0.4, -0.2) is 0 Å². The van der Waals surface area contributed by atoms with E-state index in [1.54, 1.807) is 0 Å². The van der Waals surface area contributed by atoms with Crippen molar-refractivity contribution in [2.45, 2.75) is 53.5 Å². The highest BCUT2D eigenvalue weighted by Gasteiger charge is 2.51. The van der Waals surface area contributed by atoms with Gasteiger partial charge in [-0.05, 0) is 129 Å². The zero-order chi connectivity index (χ0) is 32.0. The zero-order valence-corrected chi connectivity index (χ0v) is 28.0. The van der Waals surface area contributed by atoms with Gasteiger partial charge in [-0.25, -0.2) is 0 Å². The minimum absolute atomic E-state index is 0.138. The minimum Gasteiger partial charge on any atom is -0.331 e. The lowest BCUT2D eigenvalue weighted by Gasteiger charge is -2.54. The number of aryl methyl sites for hydroxylation is 4. The summed E-state index contributed by atoms with van der Waals surface area (Å²) in [5, 5.41) is 0. The molecule has 7 rings (SSSR count). The van der Waals surface area contributed by atoms with Gasteiger partial charge in [-0.3, -0.25) is 0 Å². The first-order valence-corrected chi connectivity index (χ1v) is 16.6. The molecule has 230 valence electrons. The van der Waals surface area contributed by atoms with Crippen LogP contribution in [0.25, 0.3) is 5.70 Å². The quantitative estimate of drug-likeness (QED) is 0.179. The molecule has 5 aromatic carbocycles. The summed E-state index contributed by atoms with van der Waals surface area (Å²) in [4.78, 5) is 5.17. The third-order valence-corrected chi connectivity index (χ3v) is 10.0. The fourth-order valence-electron chi connectivity index (χ4n) is 7.95. The number of nitrogens with zero attached hydrogens (tertiary/aromatic N) is 2. The van der Waals surface area contributed by atoms with Crippen molar-refractivity contribution in [2.75, 3.05) is 9.80 Å². The largest absolute Gasteiger partial charge is 0.331 e. The lowest BCUT2D eigenvalue weighted by Crippen LogP contribution is -2.51. The van der Waals surface area contributed by atoms with Gasteiger partial charge in [0.1, 0.15) is 0 Å². The summed E-state index contributed by atoms with van der Waals surface area (Å²) in [7, 11) is 0. The van der Waals surface area contributed by atoms with E-state index in [1.165, 1.54) is 67.4 Å². The van der Waals surface area contributed by atoms with E-state index in [9.17, 15) is 0 Å². The van der Waals surface area contributed by atoms with Gasteiger partial charge in [-0.1, -0.05) is 91.9 Å². The molecule has 0 saturated carbocycles. The van der Waals surface area contributed by atoms with E-state index in [0.29, 0.717) is 5.92 Å². The maximum atomic E-state index is 2.62. The molecule has 0 aromatic heterocycles. The summed E-state index contributed by atoms with van der Waals surface area (Å²) in [6.45, 7) is 13.7. The van der Waals surface area contributed by atoms with Crippen LogP contribution in [0.4, 0.5) is 22.7 Å². The van der Waals surface area contributed by atoms with Gasteiger partial charge in [0, 0.05) is 34.2 Å². The van der Waals surface area contributed by atoms with E-state index in [4.69, 9.17) is 0 Å². The van der Waals surface area contributed by atoms with Gasteiger partial charge in [-0.2, -0.15) is 0 Å². The number of hydrogen-bond donors (Lipinski definition) is 0. The van der Waals surface area contributed by atoms with Crippen LogP contribution in [0.2, 0.25) is 0 Å². The smallest absolute Gasteiger partial charge is 0.0781 e. The molecular weight excluding hydrogens is 556 g/mol. The second kappa shape index (κ2) is 11.8. The molecule has 2 aliphatic rings. The molecule has 2 heteroatoms. The van der Waals surface area contributed by atoms with Crippen LogP contribution >= 0.6 is 0 Å². The van der Waals surface area contributed by atoms with Crippen molar-refractivity contribution in [1.82, 2.24) is 0 Å². The van der Waals surface area contributed by atoms with Crippen LogP contribution in [0.15, 0.2) is 139 Å². The normalized spacial score (nSPS) is 20.2. The Morgan fingerprint density at radius 3 is 1.59 bits per heavy atom. The first-order chi connectivity index (χ1) is 22.3. The maximum absolute atomic E-state index is 2.62. The lowest BCUT2D eigenvalue weighted by atomic mass is 9.62. The predicted molar refractivity (Wildman–Crippen MR) is 196 cm³/mol. The number of benzene rings is 5. The highest BCUT2D eigenvalue weighted by atomic mass is 15.2. The van der Waals surface area contributed by atoms with Gasteiger partial charge < -0.3 is 9.80 Å². The van der Waals surface area contributed by atoms with Gasteiger partial charge in [0.15, 0.2) is 0 Å². The highest BCUT2D eigenvalue weighted by molar-refractivity contribution is 5.93. The molecule has 5 aromatic rings. The van der Waals surface area contributed by atoms with Gasteiger partial charge in [-0.15, -0.1) is 0 Å². The van der Waals surface area contributed by atoms with Crippen LogP contribution in [0.1, 0.15) is 53.6 Å². The second-order valence-electron chi connectivity index (χ2n) is 13.6. The Balaban J connectivity index is 1.57. The van der Waals surface area contributed by atoms with Crippen LogP contribution in [0.3, 0.4) is 0 Å². The van der Waals surface area contributed by atoms with Crippen molar-refractivity contribution < 1.29 is 0 Å². The van der Waals surface area contributed by atoms with Gasteiger partial charge in [0.2, 0.25) is 0 Å². The summed E-state index contributed by atoms with van der Waals surface area (Å²) >= 11 is 0. The Morgan fingerprint density at radius 2 is 1.07 bits per heavy atom.